The fourth-order valence-corrected chi connectivity index (χ4v) is 3.67. The average molecular weight is 451 g/mol. The Morgan fingerprint density at radius 2 is 1.58 bits per heavy atom. The third kappa shape index (κ3) is 3.60. The molecule has 0 aliphatic rings. The normalized spacial score (nSPS) is 12.3. The van der Waals surface area contributed by atoms with Gasteiger partial charge in [0.15, 0.2) is 0 Å². The zero-order chi connectivity index (χ0) is 14.0. The van der Waals surface area contributed by atoms with E-state index >= 15 is 0 Å². The third-order valence-corrected chi connectivity index (χ3v) is 4.23. The summed E-state index contributed by atoms with van der Waals surface area (Å²) in [5, 5.41) is 10.4. The number of hydrogen-bond acceptors (Lipinski definition) is 2. The van der Waals surface area contributed by atoms with Gasteiger partial charge in [-0.2, -0.15) is 0 Å². The van der Waals surface area contributed by atoms with E-state index < -0.39 is 6.10 Å². The van der Waals surface area contributed by atoms with E-state index in [0.29, 0.717) is 0 Å². The minimum absolute atomic E-state index is 0.684. The zero-order valence-corrected chi connectivity index (χ0v) is 14.8. The topological polar surface area (TPSA) is 29.5 Å². The largest absolute Gasteiger partial charge is 0.496 e. The molecule has 0 aromatic heterocycles. The fourth-order valence-electron chi connectivity index (χ4n) is 1.78. The molecule has 1 atom stereocenters. The van der Waals surface area contributed by atoms with Crippen molar-refractivity contribution in [2.24, 2.45) is 0 Å². The Balaban J connectivity index is 2.38. The minimum atomic E-state index is -0.684. The number of aliphatic hydroxyl groups excluding tert-OH is 1. The monoisotopic (exact) mass is 448 g/mol. The van der Waals surface area contributed by atoms with Crippen molar-refractivity contribution in [2.45, 2.75) is 6.10 Å². The number of methoxy groups -OCH3 is 1. The number of hydrogen-bond donors (Lipinski definition) is 1. The molecule has 2 aromatic rings. The Kier molecular flexibility index (Phi) is 5.06. The van der Waals surface area contributed by atoms with Gasteiger partial charge in [0, 0.05) is 8.95 Å². The lowest BCUT2D eigenvalue weighted by Crippen LogP contribution is -2.00. The van der Waals surface area contributed by atoms with E-state index in [1.807, 2.05) is 36.4 Å². The summed E-state index contributed by atoms with van der Waals surface area (Å²) in [4.78, 5) is 0. The first kappa shape index (κ1) is 15.0. The van der Waals surface area contributed by atoms with Gasteiger partial charge in [-0.05, 0) is 57.4 Å². The molecule has 2 nitrogen and oxygen atoms in total. The summed E-state index contributed by atoms with van der Waals surface area (Å²) in [6.07, 6.45) is -0.684. The third-order valence-electron chi connectivity index (χ3n) is 2.69. The van der Waals surface area contributed by atoms with Crippen molar-refractivity contribution in [1.82, 2.24) is 0 Å². The average Bonchev–Trinajstić information content (AvgIpc) is 2.36. The van der Waals surface area contributed by atoms with E-state index in [9.17, 15) is 5.11 Å². The summed E-state index contributed by atoms with van der Waals surface area (Å²) in [6.45, 7) is 0. The fraction of sp³-hybridized carbons (Fsp3) is 0.143. The Morgan fingerprint density at radius 3 is 2.11 bits per heavy atom. The molecule has 0 saturated heterocycles. The van der Waals surface area contributed by atoms with E-state index in [4.69, 9.17) is 4.74 Å². The van der Waals surface area contributed by atoms with Crippen LogP contribution < -0.4 is 4.74 Å². The molecule has 19 heavy (non-hydrogen) atoms. The highest BCUT2D eigenvalue weighted by Gasteiger charge is 2.13. The van der Waals surface area contributed by atoms with Crippen molar-refractivity contribution in [1.29, 1.82) is 0 Å². The highest BCUT2D eigenvalue weighted by molar-refractivity contribution is 9.11. The molecule has 0 bridgehead atoms. The van der Waals surface area contributed by atoms with E-state index in [2.05, 4.69) is 47.8 Å². The first-order valence-electron chi connectivity index (χ1n) is 5.48. The highest BCUT2D eigenvalue weighted by atomic mass is 79.9. The van der Waals surface area contributed by atoms with E-state index in [0.717, 1.165) is 30.3 Å². The second-order valence-electron chi connectivity index (χ2n) is 4.00. The molecule has 2 rings (SSSR count). The summed E-state index contributed by atoms with van der Waals surface area (Å²) in [7, 11) is 1.61. The molecular weight excluding hydrogens is 440 g/mol. The van der Waals surface area contributed by atoms with Crippen LogP contribution >= 0.6 is 47.8 Å². The second-order valence-corrected chi connectivity index (χ2v) is 6.68. The minimum Gasteiger partial charge on any atom is -0.496 e. The SMILES string of the molecule is COc1ccc(C(O)c2cc(Br)cc(Br)c2)cc1Br. The molecule has 1 N–H and O–H groups in total. The zero-order valence-electron chi connectivity index (χ0n) is 10.0. The van der Waals surface area contributed by atoms with Crippen LogP contribution in [0.5, 0.6) is 5.75 Å². The first-order chi connectivity index (χ1) is 9.01. The van der Waals surface area contributed by atoms with Gasteiger partial charge in [-0.1, -0.05) is 37.9 Å². The van der Waals surface area contributed by atoms with Gasteiger partial charge < -0.3 is 9.84 Å². The van der Waals surface area contributed by atoms with Crippen molar-refractivity contribution in [3.8, 4) is 5.75 Å². The van der Waals surface area contributed by atoms with Crippen LogP contribution in [0.1, 0.15) is 17.2 Å². The maximum atomic E-state index is 10.4. The molecule has 0 aliphatic heterocycles. The van der Waals surface area contributed by atoms with Crippen molar-refractivity contribution in [2.75, 3.05) is 7.11 Å². The van der Waals surface area contributed by atoms with Crippen LogP contribution in [0.15, 0.2) is 49.8 Å². The summed E-state index contributed by atoms with van der Waals surface area (Å²) in [6, 6.07) is 11.3. The van der Waals surface area contributed by atoms with Gasteiger partial charge in [0.1, 0.15) is 11.9 Å². The van der Waals surface area contributed by atoms with Crippen LogP contribution in [0, 0.1) is 0 Å². The smallest absolute Gasteiger partial charge is 0.133 e. The molecule has 0 saturated carbocycles. The molecule has 5 heteroatoms. The second kappa shape index (κ2) is 6.39. The van der Waals surface area contributed by atoms with Crippen LogP contribution in [-0.4, -0.2) is 12.2 Å². The molecule has 0 fully saturated rings. The van der Waals surface area contributed by atoms with Crippen LogP contribution in [-0.2, 0) is 0 Å². The summed E-state index contributed by atoms with van der Waals surface area (Å²) in [5.41, 5.74) is 1.62. The van der Waals surface area contributed by atoms with Crippen molar-refractivity contribution < 1.29 is 9.84 Å². The molecular formula is C14H11Br3O2. The molecule has 0 heterocycles. The molecule has 1 unspecified atom stereocenters. The van der Waals surface area contributed by atoms with E-state index in [-0.39, 0.29) is 0 Å². The van der Waals surface area contributed by atoms with Crippen LogP contribution in [0.2, 0.25) is 0 Å². The van der Waals surface area contributed by atoms with E-state index in [1.54, 1.807) is 7.11 Å². The maximum absolute atomic E-state index is 10.4. The number of ether oxygens (including phenoxy) is 1. The lowest BCUT2D eigenvalue weighted by Gasteiger charge is -2.14. The Bertz CT molecular complexity index is 579. The molecule has 100 valence electrons. The van der Waals surface area contributed by atoms with Crippen LogP contribution in [0.3, 0.4) is 0 Å². The van der Waals surface area contributed by atoms with E-state index in [1.165, 1.54) is 0 Å². The Morgan fingerprint density at radius 1 is 0.947 bits per heavy atom. The van der Waals surface area contributed by atoms with Gasteiger partial charge in [-0.3, -0.25) is 0 Å². The van der Waals surface area contributed by atoms with Gasteiger partial charge in [0.2, 0.25) is 0 Å². The molecule has 0 aliphatic carbocycles. The van der Waals surface area contributed by atoms with Crippen molar-refractivity contribution in [3.63, 3.8) is 0 Å². The van der Waals surface area contributed by atoms with Gasteiger partial charge >= 0.3 is 0 Å². The summed E-state index contributed by atoms with van der Waals surface area (Å²) in [5.74, 6) is 0.742. The number of aliphatic hydroxyl groups is 1. The predicted octanol–water partition coefficient (Wildman–Crippen LogP) is 5.06. The van der Waals surface area contributed by atoms with Gasteiger partial charge in [-0.25, -0.2) is 0 Å². The quantitative estimate of drug-likeness (QED) is 0.708. The van der Waals surface area contributed by atoms with Crippen LogP contribution in [0.25, 0.3) is 0 Å². The number of rotatable bonds is 3. The lowest BCUT2D eigenvalue weighted by atomic mass is 10.0. The molecule has 0 spiro atoms. The molecule has 0 amide bonds. The van der Waals surface area contributed by atoms with Crippen molar-refractivity contribution in [3.05, 3.63) is 60.9 Å². The first-order valence-corrected chi connectivity index (χ1v) is 7.86. The van der Waals surface area contributed by atoms with Gasteiger partial charge in [-0.15, -0.1) is 0 Å². The Labute approximate surface area is 137 Å². The highest BCUT2D eigenvalue weighted by Crippen LogP contribution is 2.32. The number of benzene rings is 2. The summed E-state index contributed by atoms with van der Waals surface area (Å²) >= 11 is 10.3. The van der Waals surface area contributed by atoms with Gasteiger partial charge in [0.05, 0.1) is 11.6 Å². The maximum Gasteiger partial charge on any atom is 0.133 e. The summed E-state index contributed by atoms with van der Waals surface area (Å²) < 4.78 is 7.84. The Hall–Kier alpha value is -0.360. The van der Waals surface area contributed by atoms with Crippen LogP contribution in [0.4, 0.5) is 0 Å². The predicted molar refractivity (Wildman–Crippen MR) is 86.6 cm³/mol. The molecule has 0 radical (unpaired) electrons. The molecule has 2 aromatic carbocycles. The van der Waals surface area contributed by atoms with Gasteiger partial charge in [0.25, 0.3) is 0 Å². The lowest BCUT2D eigenvalue weighted by molar-refractivity contribution is 0.220. The van der Waals surface area contributed by atoms with Crippen molar-refractivity contribution >= 4 is 47.8 Å². The standard InChI is InChI=1S/C14H11Br3O2/c1-19-13-3-2-8(6-12(13)17)14(18)9-4-10(15)7-11(16)5-9/h2-7,14,18H,1H3. The number of halogens is 3.